The number of hydrogen-bond donors (Lipinski definition) is 0. The van der Waals surface area contributed by atoms with Crippen LogP contribution in [0.3, 0.4) is 0 Å². The number of aromatic nitrogens is 4. The Morgan fingerprint density at radius 2 is 1.54 bits per heavy atom. The second-order valence-corrected chi connectivity index (χ2v) is 9.49. The Morgan fingerprint density at radius 1 is 0.829 bits per heavy atom. The van der Waals surface area contributed by atoms with Gasteiger partial charge in [-0.1, -0.05) is 49.6 Å². The molecular formula is C27H32N6O2. The Hall–Kier alpha value is -3.39. The van der Waals surface area contributed by atoms with Crippen LogP contribution in [0.1, 0.15) is 32.1 Å². The first-order valence-electron chi connectivity index (χ1n) is 12.6. The molecule has 2 aromatic carbocycles. The molecule has 0 radical (unpaired) electrons. The fourth-order valence-electron chi connectivity index (χ4n) is 5.57. The zero-order chi connectivity index (χ0) is 23.8. The summed E-state index contributed by atoms with van der Waals surface area (Å²) < 4.78 is 13.1. The Labute approximate surface area is 205 Å². The molecule has 4 aromatic rings. The minimum atomic E-state index is 0.654. The van der Waals surface area contributed by atoms with Crippen molar-refractivity contribution >= 4 is 22.5 Å². The lowest BCUT2D eigenvalue weighted by Crippen LogP contribution is -2.51. The van der Waals surface area contributed by atoms with E-state index in [1.165, 1.54) is 32.1 Å². The first kappa shape index (κ1) is 22.1. The monoisotopic (exact) mass is 472 g/mol. The number of fused-ring (bicyclic) bond motifs is 3. The first-order valence-corrected chi connectivity index (χ1v) is 12.6. The van der Waals surface area contributed by atoms with Gasteiger partial charge in [-0.2, -0.15) is 4.52 Å². The van der Waals surface area contributed by atoms with E-state index in [9.17, 15) is 0 Å². The van der Waals surface area contributed by atoms with Gasteiger partial charge in [-0.05, 0) is 18.9 Å². The number of hydrogen-bond acceptors (Lipinski definition) is 7. The summed E-state index contributed by atoms with van der Waals surface area (Å²) in [7, 11) is 3.30. The van der Waals surface area contributed by atoms with Gasteiger partial charge < -0.3 is 14.4 Å². The summed E-state index contributed by atoms with van der Waals surface area (Å²) >= 11 is 0. The summed E-state index contributed by atoms with van der Waals surface area (Å²) in [6, 6.07) is 14.7. The van der Waals surface area contributed by atoms with Crippen LogP contribution in [0.15, 0.2) is 42.5 Å². The molecule has 0 bridgehead atoms. The van der Waals surface area contributed by atoms with Gasteiger partial charge in [0.2, 0.25) is 5.95 Å². The molecule has 0 atom stereocenters. The number of anilines is 1. The average Bonchev–Trinajstić information content (AvgIpc) is 3.39. The normalized spacial score (nSPS) is 17.8. The third kappa shape index (κ3) is 4.05. The lowest BCUT2D eigenvalue weighted by molar-refractivity contribution is 0.147. The van der Waals surface area contributed by atoms with Crippen LogP contribution in [-0.4, -0.2) is 70.9 Å². The fraction of sp³-hybridized carbons (Fsp3) is 0.444. The highest BCUT2D eigenvalue weighted by Crippen LogP contribution is 2.35. The molecule has 8 heteroatoms. The highest BCUT2D eigenvalue weighted by molar-refractivity contribution is 5.95. The Balaban J connectivity index is 1.43. The molecule has 182 valence electrons. The van der Waals surface area contributed by atoms with Crippen molar-refractivity contribution in [2.24, 2.45) is 0 Å². The van der Waals surface area contributed by atoms with E-state index in [2.05, 4.69) is 9.80 Å². The summed E-state index contributed by atoms with van der Waals surface area (Å²) in [4.78, 5) is 15.1. The second-order valence-electron chi connectivity index (χ2n) is 9.49. The van der Waals surface area contributed by atoms with E-state index in [0.717, 1.165) is 60.3 Å². The summed E-state index contributed by atoms with van der Waals surface area (Å²) in [5, 5.41) is 5.82. The molecule has 0 N–H and O–H groups in total. The van der Waals surface area contributed by atoms with Crippen molar-refractivity contribution in [1.82, 2.24) is 24.5 Å². The molecule has 0 spiro atoms. The predicted octanol–water partition coefficient (Wildman–Crippen LogP) is 4.42. The molecule has 6 rings (SSSR count). The van der Waals surface area contributed by atoms with Gasteiger partial charge in [0.1, 0.15) is 0 Å². The molecule has 2 aliphatic rings. The van der Waals surface area contributed by atoms with Gasteiger partial charge in [0.25, 0.3) is 0 Å². The van der Waals surface area contributed by atoms with Crippen LogP contribution in [0.4, 0.5) is 5.95 Å². The summed E-state index contributed by atoms with van der Waals surface area (Å²) in [5.74, 6) is 2.84. The molecule has 0 amide bonds. The van der Waals surface area contributed by atoms with Crippen molar-refractivity contribution in [3.63, 3.8) is 0 Å². The fourth-order valence-corrected chi connectivity index (χ4v) is 5.57. The molecule has 8 nitrogen and oxygen atoms in total. The maximum Gasteiger partial charge on any atom is 0.229 e. The van der Waals surface area contributed by atoms with Crippen molar-refractivity contribution in [3.8, 4) is 22.9 Å². The van der Waals surface area contributed by atoms with Crippen LogP contribution in [0.5, 0.6) is 11.5 Å². The molecule has 1 saturated heterocycles. The van der Waals surface area contributed by atoms with E-state index in [1.54, 1.807) is 14.2 Å². The standard InChI is InChI=1S/C27H32N6O2/c1-34-23-17-21-22(18-24(23)35-2)28-27(32-15-13-31(14-16-32)20-11-7-4-8-12-20)33-26(21)29-25(30-33)19-9-5-3-6-10-19/h3,5-6,9-10,17-18,20H,4,7-8,11-16H2,1-2H3. The molecule has 2 fully saturated rings. The summed E-state index contributed by atoms with van der Waals surface area (Å²) in [5.41, 5.74) is 2.59. The van der Waals surface area contributed by atoms with Crippen molar-refractivity contribution in [1.29, 1.82) is 0 Å². The Bertz CT molecular complexity index is 1320. The molecule has 35 heavy (non-hydrogen) atoms. The summed E-state index contributed by atoms with van der Waals surface area (Å²) in [6.07, 6.45) is 6.79. The van der Waals surface area contributed by atoms with Gasteiger partial charge in [-0.15, -0.1) is 5.10 Å². The van der Waals surface area contributed by atoms with Crippen LogP contribution in [0.2, 0.25) is 0 Å². The van der Waals surface area contributed by atoms with Crippen LogP contribution in [0.25, 0.3) is 27.9 Å². The van der Waals surface area contributed by atoms with Crippen molar-refractivity contribution < 1.29 is 9.47 Å². The van der Waals surface area contributed by atoms with Gasteiger partial charge >= 0.3 is 0 Å². The number of benzene rings is 2. The number of nitrogens with zero attached hydrogens (tertiary/aromatic N) is 6. The topological polar surface area (TPSA) is 68.0 Å². The van der Waals surface area contributed by atoms with Crippen LogP contribution in [0, 0.1) is 0 Å². The van der Waals surface area contributed by atoms with Crippen LogP contribution >= 0.6 is 0 Å². The van der Waals surface area contributed by atoms with E-state index in [4.69, 9.17) is 24.5 Å². The van der Waals surface area contributed by atoms with Gasteiger partial charge in [-0.25, -0.2) is 9.97 Å². The number of methoxy groups -OCH3 is 2. The quantitative estimate of drug-likeness (QED) is 0.426. The average molecular weight is 473 g/mol. The number of rotatable bonds is 5. The maximum atomic E-state index is 5.57. The largest absolute Gasteiger partial charge is 0.493 e. The molecule has 3 heterocycles. The SMILES string of the molecule is COc1cc2nc(N3CCN(C4CCCCC4)CC3)n3nc(-c4ccccc4)nc3c2cc1OC. The van der Waals surface area contributed by atoms with Crippen molar-refractivity contribution in [2.75, 3.05) is 45.3 Å². The maximum absolute atomic E-state index is 5.57. The van der Waals surface area contributed by atoms with Crippen LogP contribution < -0.4 is 14.4 Å². The summed E-state index contributed by atoms with van der Waals surface area (Å²) in [6.45, 7) is 3.96. The van der Waals surface area contributed by atoms with Gasteiger partial charge in [0, 0.05) is 49.2 Å². The lowest BCUT2D eigenvalue weighted by Gasteiger charge is -2.41. The zero-order valence-corrected chi connectivity index (χ0v) is 20.5. The Morgan fingerprint density at radius 3 is 2.26 bits per heavy atom. The lowest BCUT2D eigenvalue weighted by atomic mass is 9.94. The van der Waals surface area contributed by atoms with Crippen molar-refractivity contribution in [2.45, 2.75) is 38.1 Å². The van der Waals surface area contributed by atoms with Gasteiger partial charge in [-0.3, -0.25) is 4.90 Å². The molecule has 1 saturated carbocycles. The van der Waals surface area contributed by atoms with Crippen LogP contribution in [-0.2, 0) is 0 Å². The smallest absolute Gasteiger partial charge is 0.229 e. The van der Waals surface area contributed by atoms with E-state index >= 15 is 0 Å². The Kier molecular flexibility index (Phi) is 5.90. The number of ether oxygens (including phenoxy) is 2. The second kappa shape index (κ2) is 9.34. The molecule has 1 aliphatic heterocycles. The third-order valence-electron chi connectivity index (χ3n) is 7.48. The van der Waals surface area contributed by atoms with Gasteiger partial charge in [0.05, 0.1) is 19.7 Å². The van der Waals surface area contributed by atoms with Gasteiger partial charge in [0.15, 0.2) is 23.0 Å². The highest BCUT2D eigenvalue weighted by Gasteiger charge is 2.28. The predicted molar refractivity (Wildman–Crippen MR) is 137 cm³/mol. The highest BCUT2D eigenvalue weighted by atomic mass is 16.5. The third-order valence-corrected chi connectivity index (χ3v) is 7.48. The van der Waals surface area contributed by atoms with Crippen molar-refractivity contribution in [3.05, 3.63) is 42.5 Å². The number of piperazine rings is 1. The minimum absolute atomic E-state index is 0.654. The van der Waals surface area contributed by atoms with E-state index in [0.29, 0.717) is 17.3 Å². The molecule has 1 aliphatic carbocycles. The first-order chi connectivity index (χ1) is 17.2. The minimum Gasteiger partial charge on any atom is -0.493 e. The van der Waals surface area contributed by atoms with E-state index in [-0.39, 0.29) is 0 Å². The zero-order valence-electron chi connectivity index (χ0n) is 20.5. The van der Waals surface area contributed by atoms with E-state index < -0.39 is 0 Å². The van der Waals surface area contributed by atoms with E-state index in [1.807, 2.05) is 47.0 Å². The molecule has 0 unspecified atom stereocenters. The molecule has 2 aromatic heterocycles. The molecular weight excluding hydrogens is 440 g/mol.